The molecule has 2 aromatic rings. The SMILES string of the molecule is C=C(C)c1cc2cc(C(C)=O)[nH]c2cc1C(=O)O.CC.CC. The zero-order chi connectivity index (χ0) is 17.4. The quantitative estimate of drug-likeness (QED) is 0.770. The fraction of sp³-hybridized carbons (Fsp3) is 0.333. The minimum Gasteiger partial charge on any atom is -0.478 e. The van der Waals surface area contributed by atoms with Gasteiger partial charge in [0.05, 0.1) is 11.3 Å². The van der Waals surface area contributed by atoms with Crippen molar-refractivity contribution in [3.05, 3.63) is 41.6 Å². The molecular formula is C18H25NO3. The lowest BCUT2D eigenvalue weighted by molar-refractivity contribution is 0.0696. The Morgan fingerprint density at radius 3 is 1.95 bits per heavy atom. The van der Waals surface area contributed by atoms with E-state index in [0.717, 1.165) is 5.39 Å². The minimum absolute atomic E-state index is 0.0834. The molecule has 2 rings (SSSR count). The van der Waals surface area contributed by atoms with Crippen molar-refractivity contribution in [2.24, 2.45) is 0 Å². The van der Waals surface area contributed by atoms with Crippen molar-refractivity contribution in [2.45, 2.75) is 41.5 Å². The van der Waals surface area contributed by atoms with Crippen LogP contribution in [0.1, 0.15) is 68.0 Å². The number of Topliss-reactive ketones (excluding diaryl/α,β-unsaturated/α-hetero) is 1. The van der Waals surface area contributed by atoms with Crippen molar-refractivity contribution >= 4 is 28.2 Å². The van der Waals surface area contributed by atoms with Crippen molar-refractivity contribution in [3.63, 3.8) is 0 Å². The van der Waals surface area contributed by atoms with Gasteiger partial charge in [-0.3, -0.25) is 4.79 Å². The Morgan fingerprint density at radius 1 is 1.00 bits per heavy atom. The van der Waals surface area contributed by atoms with Crippen molar-refractivity contribution < 1.29 is 14.7 Å². The van der Waals surface area contributed by atoms with Gasteiger partial charge >= 0.3 is 5.97 Å². The number of carboxylic acids is 1. The van der Waals surface area contributed by atoms with Crippen LogP contribution in [0.15, 0.2) is 24.8 Å². The van der Waals surface area contributed by atoms with Crippen LogP contribution in [0.5, 0.6) is 0 Å². The normalized spacial score (nSPS) is 9.18. The number of rotatable bonds is 3. The summed E-state index contributed by atoms with van der Waals surface area (Å²) in [5.74, 6) is -1.09. The van der Waals surface area contributed by atoms with Crippen LogP contribution in [0.3, 0.4) is 0 Å². The number of ketones is 1. The van der Waals surface area contributed by atoms with Gasteiger partial charge in [0.1, 0.15) is 0 Å². The molecule has 0 saturated heterocycles. The summed E-state index contributed by atoms with van der Waals surface area (Å²) in [5.41, 5.74) is 2.57. The molecule has 0 aliphatic rings. The fourth-order valence-electron chi connectivity index (χ4n) is 1.90. The van der Waals surface area contributed by atoms with Gasteiger partial charge in [-0.05, 0) is 30.7 Å². The summed E-state index contributed by atoms with van der Waals surface area (Å²) in [7, 11) is 0. The number of H-pyrrole nitrogens is 1. The zero-order valence-corrected chi connectivity index (χ0v) is 14.2. The summed E-state index contributed by atoms with van der Waals surface area (Å²) < 4.78 is 0. The predicted octanol–water partition coefficient (Wildman–Crippen LogP) is 5.15. The molecule has 2 N–H and O–H groups in total. The molecule has 0 aliphatic heterocycles. The number of hydrogen-bond acceptors (Lipinski definition) is 2. The topological polar surface area (TPSA) is 70.2 Å². The van der Waals surface area contributed by atoms with E-state index in [4.69, 9.17) is 5.11 Å². The van der Waals surface area contributed by atoms with Gasteiger partial charge in [0.15, 0.2) is 5.78 Å². The first-order valence-corrected chi connectivity index (χ1v) is 7.47. The van der Waals surface area contributed by atoms with Gasteiger partial charge in [-0.2, -0.15) is 0 Å². The number of aromatic amines is 1. The van der Waals surface area contributed by atoms with Gasteiger partial charge in [0.2, 0.25) is 0 Å². The molecule has 0 spiro atoms. The average molecular weight is 303 g/mol. The first-order valence-electron chi connectivity index (χ1n) is 7.47. The van der Waals surface area contributed by atoms with Gasteiger partial charge < -0.3 is 10.1 Å². The monoisotopic (exact) mass is 303 g/mol. The summed E-state index contributed by atoms with van der Waals surface area (Å²) in [6.07, 6.45) is 0. The number of fused-ring (bicyclic) bond motifs is 1. The second kappa shape index (κ2) is 8.82. The van der Waals surface area contributed by atoms with E-state index >= 15 is 0 Å². The third-order valence-corrected chi connectivity index (χ3v) is 2.83. The number of carboxylic acid groups (broad SMARTS) is 1. The van der Waals surface area contributed by atoms with E-state index in [-0.39, 0.29) is 11.3 Å². The maximum Gasteiger partial charge on any atom is 0.336 e. The molecule has 4 heteroatoms. The Morgan fingerprint density at radius 2 is 1.55 bits per heavy atom. The Labute approximate surface area is 131 Å². The van der Waals surface area contributed by atoms with Gasteiger partial charge in [0, 0.05) is 17.8 Å². The number of aromatic nitrogens is 1. The lowest BCUT2D eigenvalue weighted by Crippen LogP contribution is -2.00. The highest BCUT2D eigenvalue weighted by molar-refractivity contribution is 6.02. The van der Waals surface area contributed by atoms with Crippen molar-refractivity contribution in [2.75, 3.05) is 0 Å². The Bertz CT molecular complexity index is 630. The molecule has 0 radical (unpaired) electrons. The molecular weight excluding hydrogens is 278 g/mol. The predicted molar refractivity (Wildman–Crippen MR) is 92.7 cm³/mol. The molecule has 0 amide bonds. The summed E-state index contributed by atoms with van der Waals surface area (Å²) in [5, 5.41) is 9.98. The second-order valence-electron chi connectivity index (χ2n) is 4.31. The number of benzene rings is 1. The first-order chi connectivity index (χ1) is 10.4. The van der Waals surface area contributed by atoms with Crippen LogP contribution < -0.4 is 0 Å². The van der Waals surface area contributed by atoms with Crippen LogP contribution in [-0.2, 0) is 0 Å². The largest absolute Gasteiger partial charge is 0.478 e. The Hall–Kier alpha value is -2.36. The standard InChI is InChI=1S/C14H13NO3.2C2H6/c1-7(2)10-4-9-5-12(8(3)16)15-13(9)6-11(10)14(17)18;2*1-2/h4-6,15H,1H2,2-3H3,(H,17,18);2*1-2H3. The van der Waals surface area contributed by atoms with Gasteiger partial charge in [-0.25, -0.2) is 4.79 Å². The van der Waals surface area contributed by atoms with E-state index in [2.05, 4.69) is 11.6 Å². The maximum atomic E-state index is 11.3. The van der Waals surface area contributed by atoms with E-state index in [1.807, 2.05) is 27.7 Å². The molecule has 0 fully saturated rings. The smallest absolute Gasteiger partial charge is 0.336 e. The summed E-state index contributed by atoms with van der Waals surface area (Å²) in [4.78, 5) is 25.4. The summed E-state index contributed by atoms with van der Waals surface area (Å²) in [6.45, 7) is 15.0. The van der Waals surface area contributed by atoms with Crippen LogP contribution >= 0.6 is 0 Å². The highest BCUT2D eigenvalue weighted by Gasteiger charge is 2.14. The molecule has 1 aromatic carbocycles. The molecule has 0 bridgehead atoms. The number of carbonyl (C=O) groups excluding carboxylic acids is 1. The van der Waals surface area contributed by atoms with Crippen LogP contribution in [0.25, 0.3) is 16.5 Å². The third-order valence-electron chi connectivity index (χ3n) is 2.83. The van der Waals surface area contributed by atoms with Crippen LogP contribution in [0, 0.1) is 0 Å². The number of nitrogens with one attached hydrogen (secondary N) is 1. The number of carbonyl (C=O) groups is 2. The Kier molecular flexibility index (Phi) is 7.88. The Balaban J connectivity index is 0.00000102. The average Bonchev–Trinajstić information content (AvgIpc) is 2.93. The van der Waals surface area contributed by atoms with E-state index in [1.54, 1.807) is 19.1 Å². The molecule has 1 heterocycles. The molecule has 0 saturated carbocycles. The molecule has 0 unspecified atom stereocenters. The van der Waals surface area contributed by atoms with E-state index in [1.165, 1.54) is 13.0 Å². The van der Waals surface area contributed by atoms with Crippen LogP contribution in [0.2, 0.25) is 0 Å². The van der Waals surface area contributed by atoms with Crippen LogP contribution in [-0.4, -0.2) is 21.8 Å². The highest BCUT2D eigenvalue weighted by atomic mass is 16.4. The molecule has 0 atom stereocenters. The van der Waals surface area contributed by atoms with Gasteiger partial charge in [-0.15, -0.1) is 0 Å². The third kappa shape index (κ3) is 4.32. The second-order valence-corrected chi connectivity index (χ2v) is 4.31. The molecule has 120 valence electrons. The number of aromatic carboxylic acids is 1. The number of allylic oxidation sites excluding steroid dienone is 1. The fourth-order valence-corrected chi connectivity index (χ4v) is 1.90. The van der Waals surface area contributed by atoms with E-state index < -0.39 is 5.97 Å². The lowest BCUT2D eigenvalue weighted by atomic mass is 10.00. The van der Waals surface area contributed by atoms with E-state index in [9.17, 15) is 9.59 Å². The van der Waals surface area contributed by atoms with E-state index in [0.29, 0.717) is 22.3 Å². The minimum atomic E-state index is -1.01. The molecule has 1 aromatic heterocycles. The van der Waals surface area contributed by atoms with Crippen LogP contribution in [0.4, 0.5) is 0 Å². The van der Waals surface area contributed by atoms with Crippen molar-refractivity contribution in [3.8, 4) is 0 Å². The molecule has 22 heavy (non-hydrogen) atoms. The van der Waals surface area contributed by atoms with Crippen molar-refractivity contribution in [1.29, 1.82) is 0 Å². The van der Waals surface area contributed by atoms with Gasteiger partial charge in [0.25, 0.3) is 0 Å². The summed E-state index contributed by atoms with van der Waals surface area (Å²) in [6, 6.07) is 4.99. The lowest BCUT2D eigenvalue weighted by Gasteiger charge is -2.05. The summed E-state index contributed by atoms with van der Waals surface area (Å²) >= 11 is 0. The molecule has 0 aliphatic carbocycles. The zero-order valence-electron chi connectivity index (χ0n) is 14.2. The van der Waals surface area contributed by atoms with Crippen molar-refractivity contribution in [1.82, 2.24) is 4.98 Å². The maximum absolute atomic E-state index is 11.3. The molecule has 4 nitrogen and oxygen atoms in total. The highest BCUT2D eigenvalue weighted by Crippen LogP contribution is 2.25. The first kappa shape index (κ1) is 19.6. The number of hydrogen-bond donors (Lipinski definition) is 2. The van der Waals surface area contributed by atoms with Gasteiger partial charge in [-0.1, -0.05) is 39.8 Å².